The summed E-state index contributed by atoms with van der Waals surface area (Å²) in [6, 6.07) is 2.15. The van der Waals surface area contributed by atoms with E-state index in [1.807, 2.05) is 41.5 Å². The molecule has 1 fully saturated rings. The summed E-state index contributed by atoms with van der Waals surface area (Å²) in [5.74, 6) is -0.416. The predicted molar refractivity (Wildman–Crippen MR) is 170 cm³/mol. The van der Waals surface area contributed by atoms with Crippen LogP contribution in [0, 0.1) is 17.8 Å². The molecule has 1 aromatic rings. The Morgan fingerprint density at radius 3 is 2.45 bits per heavy atom. The zero-order valence-electron chi connectivity index (χ0n) is 27.4. The van der Waals surface area contributed by atoms with Crippen molar-refractivity contribution in [3.8, 4) is 11.5 Å². The molecule has 7 atom stereocenters. The van der Waals surface area contributed by atoms with E-state index in [4.69, 9.17) is 9.47 Å². The average molecular weight is 614 g/mol. The van der Waals surface area contributed by atoms with Crippen LogP contribution in [0.5, 0.6) is 11.5 Å². The number of benzene rings is 1. The van der Waals surface area contributed by atoms with Gasteiger partial charge in [-0.2, -0.15) is 0 Å². The lowest BCUT2D eigenvalue weighted by molar-refractivity contribution is -0.145. The standard InChI is InChI=1S/C33H51N5O6/c1-9-20(5)27-31(40)35-15-13-22-18-23(11-12-25(22)43-8)44-26-14-16-38(29(26)32(41)36-27)33(42)28(21(6)10-2)37-30(39)24(34-7)17-19(3)4/h11-13,15,18-21,24,26-29,34H,9-10,14,16-17H2,1-8H3,(H,35,40)(H,36,41)(H,37,39)/b15-13-/t20-,21-,24-,26-,27-,28-,29-/m0/s1. The van der Waals surface area contributed by atoms with Gasteiger partial charge in [-0.3, -0.25) is 19.2 Å². The van der Waals surface area contributed by atoms with Crippen LogP contribution in [0.25, 0.3) is 6.08 Å². The first kappa shape index (κ1) is 34.9. The molecule has 3 rings (SSSR count). The number of hydrogen-bond donors (Lipinski definition) is 4. The zero-order chi connectivity index (χ0) is 32.6. The Bertz CT molecular complexity index is 1200. The van der Waals surface area contributed by atoms with Gasteiger partial charge in [0.1, 0.15) is 35.7 Å². The number of carbonyl (C=O) groups excluding carboxylic acids is 4. The number of ether oxygens (including phenoxy) is 2. The van der Waals surface area contributed by atoms with Crippen molar-refractivity contribution in [2.75, 3.05) is 20.7 Å². The largest absolute Gasteiger partial charge is 0.496 e. The monoisotopic (exact) mass is 613 g/mol. The van der Waals surface area contributed by atoms with E-state index < -0.39 is 36.2 Å². The Kier molecular flexibility index (Phi) is 12.6. The van der Waals surface area contributed by atoms with E-state index in [0.29, 0.717) is 42.7 Å². The molecule has 4 amide bonds. The lowest BCUT2D eigenvalue weighted by Crippen LogP contribution is -2.61. The summed E-state index contributed by atoms with van der Waals surface area (Å²) < 4.78 is 11.9. The van der Waals surface area contributed by atoms with E-state index >= 15 is 0 Å². The molecule has 0 radical (unpaired) electrons. The minimum atomic E-state index is -1.01. The topological polar surface area (TPSA) is 138 Å². The normalized spacial score (nSPS) is 23.8. The molecule has 0 aromatic heterocycles. The van der Waals surface area contributed by atoms with Crippen LogP contribution in [0.2, 0.25) is 0 Å². The lowest BCUT2D eigenvalue weighted by atomic mass is 9.95. The Balaban J connectivity index is 2.02. The van der Waals surface area contributed by atoms with Crippen molar-refractivity contribution in [1.29, 1.82) is 0 Å². The quantitative estimate of drug-likeness (QED) is 0.301. The highest BCUT2D eigenvalue weighted by Gasteiger charge is 2.47. The van der Waals surface area contributed by atoms with Gasteiger partial charge in [-0.15, -0.1) is 0 Å². The van der Waals surface area contributed by atoms with Crippen LogP contribution < -0.4 is 30.7 Å². The maximum atomic E-state index is 14.3. The molecule has 2 heterocycles. The van der Waals surface area contributed by atoms with Crippen LogP contribution in [-0.2, 0) is 19.2 Å². The highest BCUT2D eigenvalue weighted by atomic mass is 16.5. The number of fused-ring (bicyclic) bond motifs is 3. The number of amides is 4. The Morgan fingerprint density at radius 2 is 1.84 bits per heavy atom. The van der Waals surface area contributed by atoms with E-state index in [1.165, 1.54) is 11.1 Å². The summed E-state index contributed by atoms with van der Waals surface area (Å²) in [5.41, 5.74) is 0.687. The number of likely N-dealkylation sites (N-methyl/N-ethyl adjacent to an activating group) is 1. The third-order valence-corrected chi connectivity index (χ3v) is 8.81. The Labute approximate surface area is 261 Å². The van der Waals surface area contributed by atoms with Crippen molar-refractivity contribution >= 4 is 29.7 Å². The third kappa shape index (κ3) is 8.31. The summed E-state index contributed by atoms with van der Waals surface area (Å²) in [6.45, 7) is 12.1. The van der Waals surface area contributed by atoms with Gasteiger partial charge in [0, 0.05) is 24.7 Å². The first-order valence-electron chi connectivity index (χ1n) is 15.9. The van der Waals surface area contributed by atoms with E-state index in [1.54, 1.807) is 38.4 Å². The number of carbonyl (C=O) groups is 4. The van der Waals surface area contributed by atoms with Crippen molar-refractivity contribution in [2.24, 2.45) is 17.8 Å². The molecule has 0 aliphatic carbocycles. The molecule has 0 saturated carbocycles. The van der Waals surface area contributed by atoms with Gasteiger partial charge in [-0.25, -0.2) is 0 Å². The van der Waals surface area contributed by atoms with Gasteiger partial charge in [0.05, 0.1) is 13.2 Å². The second kappa shape index (κ2) is 15.9. The van der Waals surface area contributed by atoms with E-state index in [2.05, 4.69) is 21.3 Å². The van der Waals surface area contributed by atoms with E-state index in [-0.39, 0.29) is 42.0 Å². The fraction of sp³-hybridized carbons (Fsp3) is 0.636. The molecule has 44 heavy (non-hydrogen) atoms. The van der Waals surface area contributed by atoms with Crippen LogP contribution in [-0.4, -0.2) is 79.5 Å². The van der Waals surface area contributed by atoms with E-state index in [9.17, 15) is 19.2 Å². The maximum Gasteiger partial charge on any atom is 0.247 e. The zero-order valence-corrected chi connectivity index (χ0v) is 27.4. The van der Waals surface area contributed by atoms with Crippen LogP contribution in [0.1, 0.15) is 72.8 Å². The van der Waals surface area contributed by atoms with Crippen LogP contribution in [0.3, 0.4) is 0 Å². The highest BCUT2D eigenvalue weighted by Crippen LogP contribution is 2.30. The molecule has 1 saturated heterocycles. The van der Waals surface area contributed by atoms with Crippen molar-refractivity contribution < 1.29 is 28.7 Å². The molecule has 11 heteroatoms. The number of likely N-dealkylation sites (tertiary alicyclic amines) is 1. The number of methoxy groups -OCH3 is 1. The maximum absolute atomic E-state index is 14.3. The molecule has 2 aliphatic heterocycles. The van der Waals surface area contributed by atoms with Crippen molar-refractivity contribution in [3.63, 3.8) is 0 Å². The molecule has 0 unspecified atom stereocenters. The summed E-state index contributed by atoms with van der Waals surface area (Å²) in [4.78, 5) is 56.5. The molecule has 0 spiro atoms. The van der Waals surface area contributed by atoms with Crippen molar-refractivity contribution in [3.05, 3.63) is 30.0 Å². The fourth-order valence-electron chi connectivity index (χ4n) is 5.72. The number of nitrogens with zero attached hydrogens (tertiary/aromatic N) is 1. The first-order chi connectivity index (χ1) is 20.9. The molecule has 2 bridgehead atoms. The third-order valence-electron chi connectivity index (χ3n) is 8.81. The summed E-state index contributed by atoms with van der Waals surface area (Å²) in [5, 5.41) is 11.8. The van der Waals surface area contributed by atoms with Crippen LogP contribution in [0.15, 0.2) is 24.4 Å². The van der Waals surface area contributed by atoms with Gasteiger partial charge in [0.15, 0.2) is 0 Å². The average Bonchev–Trinajstić information content (AvgIpc) is 3.43. The Hall–Kier alpha value is -3.60. The Morgan fingerprint density at radius 1 is 1.11 bits per heavy atom. The molecular weight excluding hydrogens is 562 g/mol. The molecular formula is C33H51N5O6. The smallest absolute Gasteiger partial charge is 0.247 e. The van der Waals surface area contributed by atoms with Crippen LogP contribution >= 0.6 is 0 Å². The fourth-order valence-corrected chi connectivity index (χ4v) is 5.72. The minimum absolute atomic E-state index is 0.176. The van der Waals surface area contributed by atoms with Gasteiger partial charge < -0.3 is 35.6 Å². The second-order valence-corrected chi connectivity index (χ2v) is 12.4. The summed E-state index contributed by atoms with van der Waals surface area (Å²) >= 11 is 0. The predicted octanol–water partition coefficient (Wildman–Crippen LogP) is 2.84. The number of rotatable bonds is 11. The summed E-state index contributed by atoms with van der Waals surface area (Å²) in [6.07, 6.45) is 4.88. The summed E-state index contributed by atoms with van der Waals surface area (Å²) in [7, 11) is 3.29. The van der Waals surface area contributed by atoms with Gasteiger partial charge in [0.25, 0.3) is 0 Å². The van der Waals surface area contributed by atoms with Gasteiger partial charge in [-0.1, -0.05) is 54.4 Å². The molecule has 11 nitrogen and oxygen atoms in total. The number of nitrogens with one attached hydrogen (secondary N) is 4. The lowest BCUT2D eigenvalue weighted by Gasteiger charge is -2.34. The first-order valence-corrected chi connectivity index (χ1v) is 15.9. The minimum Gasteiger partial charge on any atom is -0.496 e. The molecule has 244 valence electrons. The SMILES string of the molecule is CC[C@H](C)[C@@H]1NC(=O)[C@@H]2[C@H](CCN2C(=O)[C@@H](NC(=O)[C@H](CC(C)C)NC)[C@@H](C)CC)Oc2ccc(OC)c(c2)/C=C\NC1=O. The van der Waals surface area contributed by atoms with Gasteiger partial charge in [-0.05, 0) is 55.5 Å². The van der Waals surface area contributed by atoms with Crippen LogP contribution in [0.4, 0.5) is 0 Å². The molecule has 2 aliphatic rings. The number of hydrogen-bond acceptors (Lipinski definition) is 7. The second-order valence-electron chi connectivity index (χ2n) is 12.4. The molecule has 1 aromatic carbocycles. The van der Waals surface area contributed by atoms with Gasteiger partial charge >= 0.3 is 0 Å². The van der Waals surface area contributed by atoms with Crippen molar-refractivity contribution in [2.45, 2.75) is 97.5 Å². The van der Waals surface area contributed by atoms with E-state index in [0.717, 1.165) is 0 Å². The highest BCUT2D eigenvalue weighted by molar-refractivity contribution is 5.96. The van der Waals surface area contributed by atoms with Crippen molar-refractivity contribution in [1.82, 2.24) is 26.2 Å². The van der Waals surface area contributed by atoms with Gasteiger partial charge in [0.2, 0.25) is 23.6 Å². The molecule has 4 N–H and O–H groups in total.